The normalized spacial score (nSPS) is 17.6. The van der Waals surface area contributed by atoms with Crippen LogP contribution in [0.1, 0.15) is 39.5 Å². The molecule has 4 N–H and O–H groups in total. The van der Waals surface area contributed by atoms with Crippen LogP contribution in [0.4, 0.5) is 0 Å². The zero-order valence-corrected chi connectivity index (χ0v) is 17.8. The first kappa shape index (κ1) is 27.0. The second-order valence-corrected chi connectivity index (χ2v) is 6.20. The first-order valence-electron chi connectivity index (χ1n) is 9.57. The van der Waals surface area contributed by atoms with Gasteiger partial charge in [0.1, 0.15) is 0 Å². The average molecular weight is 375 g/mol. The highest BCUT2D eigenvalue weighted by molar-refractivity contribution is 5.85. The largest absolute Gasteiger partial charge is 0.411 e. The maximum absolute atomic E-state index is 8.42. The Morgan fingerprint density at radius 2 is 0.923 bits per heavy atom. The lowest BCUT2D eigenvalue weighted by atomic mass is 10.1. The van der Waals surface area contributed by atoms with E-state index >= 15 is 0 Å². The number of likely N-dealkylation sites (tertiary alicyclic amines) is 2. The van der Waals surface area contributed by atoms with Crippen molar-refractivity contribution in [3.63, 3.8) is 0 Å². The van der Waals surface area contributed by atoms with Gasteiger partial charge >= 0.3 is 0 Å². The van der Waals surface area contributed by atoms with Crippen molar-refractivity contribution >= 4 is 11.4 Å². The maximum Gasteiger partial charge on any atom is 0.0596 e. The number of rotatable bonds is 2. The molecule has 0 aromatic rings. The van der Waals surface area contributed by atoms with E-state index in [-0.39, 0.29) is 0 Å². The van der Waals surface area contributed by atoms with Crippen LogP contribution in [0.5, 0.6) is 0 Å². The number of piperidine rings is 2. The van der Waals surface area contributed by atoms with Gasteiger partial charge in [0.05, 0.1) is 11.4 Å². The third kappa shape index (κ3) is 15.1. The van der Waals surface area contributed by atoms with Crippen LogP contribution >= 0.6 is 0 Å². The molecule has 0 spiro atoms. The molecule has 0 aromatic carbocycles. The molecule has 0 amide bonds. The van der Waals surface area contributed by atoms with Gasteiger partial charge in [0.25, 0.3) is 0 Å². The molecule has 0 radical (unpaired) electrons. The van der Waals surface area contributed by atoms with Crippen LogP contribution in [0.25, 0.3) is 0 Å². The van der Waals surface area contributed by atoms with Crippen LogP contribution in [0, 0.1) is 0 Å². The number of nitrogens with zero attached hydrogens (tertiary/aromatic N) is 4. The molecule has 2 aliphatic heterocycles. The lowest BCUT2D eigenvalue weighted by Crippen LogP contribution is -2.33. The monoisotopic (exact) mass is 374 g/mol. The summed E-state index contributed by atoms with van der Waals surface area (Å²) in [6.45, 7) is 10.7. The summed E-state index contributed by atoms with van der Waals surface area (Å²) < 4.78 is 0. The third-order valence-corrected chi connectivity index (χ3v) is 4.04. The highest BCUT2D eigenvalue weighted by Gasteiger charge is 2.13. The van der Waals surface area contributed by atoms with Gasteiger partial charge in [-0.1, -0.05) is 24.2 Å². The lowest BCUT2D eigenvalue weighted by molar-refractivity contribution is 0.274. The molecule has 2 saturated heterocycles. The summed E-state index contributed by atoms with van der Waals surface area (Å²) in [6, 6.07) is 0. The fourth-order valence-corrected chi connectivity index (χ4v) is 2.45. The molecule has 0 unspecified atom stereocenters. The molecule has 156 valence electrons. The molecule has 0 aromatic heterocycles. The standard InChI is InChI=1S/2C7H14N2O.2C2H7N/c2*1-2-9-5-3-7(8-10)4-6-9;2*1-3-2/h2*10H,2-6H2,1H3;2*3H,1-2H3. The van der Waals surface area contributed by atoms with E-state index in [9.17, 15) is 0 Å². The smallest absolute Gasteiger partial charge is 0.0596 e. The van der Waals surface area contributed by atoms with Crippen molar-refractivity contribution in [2.24, 2.45) is 10.3 Å². The molecule has 2 aliphatic rings. The number of hydrogen-bond acceptors (Lipinski definition) is 8. The maximum atomic E-state index is 8.42. The summed E-state index contributed by atoms with van der Waals surface area (Å²) in [7, 11) is 7.50. The molecular formula is C18H42N6O2. The quantitative estimate of drug-likeness (QED) is 0.432. The Hall–Kier alpha value is -1.22. The lowest BCUT2D eigenvalue weighted by Gasteiger charge is -2.24. The summed E-state index contributed by atoms with van der Waals surface area (Å²) in [5, 5.41) is 28.8. The molecule has 2 rings (SSSR count). The summed E-state index contributed by atoms with van der Waals surface area (Å²) in [5.74, 6) is 0. The number of oxime groups is 2. The zero-order chi connectivity index (χ0) is 20.2. The van der Waals surface area contributed by atoms with Crippen molar-refractivity contribution in [3.05, 3.63) is 0 Å². The zero-order valence-electron chi connectivity index (χ0n) is 17.8. The van der Waals surface area contributed by atoms with Gasteiger partial charge in [0, 0.05) is 51.9 Å². The van der Waals surface area contributed by atoms with Crippen LogP contribution in [0.15, 0.2) is 10.3 Å². The van der Waals surface area contributed by atoms with Crippen LogP contribution in [-0.2, 0) is 0 Å². The third-order valence-electron chi connectivity index (χ3n) is 4.04. The fourth-order valence-electron chi connectivity index (χ4n) is 2.45. The molecule has 2 heterocycles. The first-order chi connectivity index (χ1) is 12.6. The average Bonchev–Trinajstić information content (AvgIpc) is 2.70. The molecule has 0 bridgehead atoms. The summed E-state index contributed by atoms with van der Waals surface area (Å²) >= 11 is 0. The van der Waals surface area contributed by atoms with E-state index in [0.29, 0.717) is 0 Å². The number of hydrogen-bond donors (Lipinski definition) is 4. The fraction of sp³-hybridized carbons (Fsp3) is 0.889. The molecule has 2 fully saturated rings. The van der Waals surface area contributed by atoms with Crippen molar-refractivity contribution in [2.75, 3.05) is 67.5 Å². The van der Waals surface area contributed by atoms with E-state index in [1.54, 1.807) is 0 Å². The highest BCUT2D eigenvalue weighted by atomic mass is 16.4. The van der Waals surface area contributed by atoms with E-state index in [0.717, 1.165) is 76.4 Å². The van der Waals surface area contributed by atoms with E-state index in [4.69, 9.17) is 10.4 Å². The summed E-state index contributed by atoms with van der Waals surface area (Å²) in [4.78, 5) is 4.71. The van der Waals surface area contributed by atoms with Crippen LogP contribution in [0.2, 0.25) is 0 Å². The Balaban J connectivity index is 0. The van der Waals surface area contributed by atoms with Gasteiger partial charge in [-0.05, 0) is 41.3 Å². The molecule has 8 heteroatoms. The predicted octanol–water partition coefficient (Wildman–Crippen LogP) is 1.54. The second-order valence-electron chi connectivity index (χ2n) is 6.20. The van der Waals surface area contributed by atoms with E-state index in [1.165, 1.54) is 0 Å². The van der Waals surface area contributed by atoms with Gasteiger partial charge in [-0.25, -0.2) is 0 Å². The first-order valence-corrected chi connectivity index (χ1v) is 9.57. The molecule has 8 nitrogen and oxygen atoms in total. The highest BCUT2D eigenvalue weighted by Crippen LogP contribution is 2.06. The minimum Gasteiger partial charge on any atom is -0.411 e. The number of nitrogens with one attached hydrogen (secondary N) is 2. The molecule has 26 heavy (non-hydrogen) atoms. The van der Waals surface area contributed by atoms with Gasteiger partial charge in [0.2, 0.25) is 0 Å². The van der Waals surface area contributed by atoms with Crippen LogP contribution in [0.3, 0.4) is 0 Å². The topological polar surface area (TPSA) is 95.7 Å². The van der Waals surface area contributed by atoms with E-state index < -0.39 is 0 Å². The van der Waals surface area contributed by atoms with Crippen molar-refractivity contribution in [1.82, 2.24) is 20.4 Å². The Kier molecular flexibility index (Phi) is 20.9. The predicted molar refractivity (Wildman–Crippen MR) is 111 cm³/mol. The van der Waals surface area contributed by atoms with E-state index in [1.807, 2.05) is 28.2 Å². The van der Waals surface area contributed by atoms with Crippen molar-refractivity contribution < 1.29 is 10.4 Å². The Bertz CT molecular complexity index is 310. The summed E-state index contributed by atoms with van der Waals surface area (Å²) in [5.41, 5.74) is 1.90. The molecular weight excluding hydrogens is 332 g/mol. The molecule has 0 aliphatic carbocycles. The van der Waals surface area contributed by atoms with Gasteiger partial charge in [0.15, 0.2) is 0 Å². The van der Waals surface area contributed by atoms with Crippen molar-refractivity contribution in [1.29, 1.82) is 0 Å². The SMILES string of the molecule is CCN1CCC(=NO)CC1.CCN1CCC(=NO)CC1.CNC.CNC. The Labute approximate surface area is 160 Å². The van der Waals surface area contributed by atoms with Gasteiger partial charge in [-0.3, -0.25) is 0 Å². The Morgan fingerprint density at radius 3 is 1.08 bits per heavy atom. The van der Waals surface area contributed by atoms with Gasteiger partial charge in [-0.2, -0.15) is 0 Å². The van der Waals surface area contributed by atoms with Crippen LogP contribution in [-0.4, -0.2) is 99.1 Å². The minimum atomic E-state index is 0.935. The molecule has 0 atom stereocenters. The van der Waals surface area contributed by atoms with E-state index in [2.05, 4.69) is 44.6 Å². The minimum absolute atomic E-state index is 0.935. The van der Waals surface area contributed by atoms with Gasteiger partial charge in [-0.15, -0.1) is 0 Å². The van der Waals surface area contributed by atoms with Crippen LogP contribution < -0.4 is 10.6 Å². The van der Waals surface area contributed by atoms with Gasteiger partial charge < -0.3 is 30.8 Å². The summed E-state index contributed by atoms with van der Waals surface area (Å²) in [6.07, 6.45) is 3.74. The Morgan fingerprint density at radius 1 is 0.692 bits per heavy atom. The second kappa shape index (κ2) is 20.1. The van der Waals surface area contributed by atoms with Crippen molar-refractivity contribution in [2.45, 2.75) is 39.5 Å². The molecule has 0 saturated carbocycles. The van der Waals surface area contributed by atoms with Crippen molar-refractivity contribution in [3.8, 4) is 0 Å².